The highest BCUT2D eigenvalue weighted by atomic mass is 16.5. The molecular formula is C12H20O3. The van der Waals surface area contributed by atoms with Crippen molar-refractivity contribution in [3.63, 3.8) is 0 Å². The second kappa shape index (κ2) is 4.35. The SMILES string of the molecule is CCOC(=O)C1C(/C=C(\C)CO)C1(C)C. The molecule has 2 atom stereocenters. The van der Waals surface area contributed by atoms with Gasteiger partial charge in [-0.15, -0.1) is 0 Å². The number of aliphatic hydroxyl groups excluding tert-OH is 1. The normalized spacial score (nSPS) is 28.7. The number of carbonyl (C=O) groups excluding carboxylic acids is 1. The molecule has 1 aliphatic carbocycles. The highest BCUT2D eigenvalue weighted by molar-refractivity contribution is 5.78. The van der Waals surface area contributed by atoms with Crippen LogP contribution in [0.5, 0.6) is 0 Å². The molecule has 1 fully saturated rings. The van der Waals surface area contributed by atoms with E-state index in [1.807, 2.05) is 19.9 Å². The van der Waals surface area contributed by atoms with Gasteiger partial charge in [0.25, 0.3) is 0 Å². The molecule has 0 aromatic carbocycles. The molecule has 0 aliphatic heterocycles. The van der Waals surface area contributed by atoms with Crippen molar-refractivity contribution in [1.29, 1.82) is 0 Å². The van der Waals surface area contributed by atoms with Gasteiger partial charge in [-0.1, -0.05) is 25.5 Å². The molecule has 0 heterocycles. The summed E-state index contributed by atoms with van der Waals surface area (Å²) < 4.78 is 5.02. The zero-order valence-electron chi connectivity index (χ0n) is 9.91. The molecule has 0 saturated heterocycles. The average molecular weight is 212 g/mol. The van der Waals surface area contributed by atoms with Gasteiger partial charge in [-0.2, -0.15) is 0 Å². The number of hydrogen-bond acceptors (Lipinski definition) is 3. The molecule has 3 nitrogen and oxygen atoms in total. The Labute approximate surface area is 91.1 Å². The first-order valence-electron chi connectivity index (χ1n) is 5.40. The number of esters is 1. The summed E-state index contributed by atoms with van der Waals surface area (Å²) in [7, 11) is 0. The molecule has 0 aromatic rings. The molecule has 0 aromatic heterocycles. The van der Waals surface area contributed by atoms with Gasteiger partial charge in [0.05, 0.1) is 19.1 Å². The molecule has 2 unspecified atom stereocenters. The smallest absolute Gasteiger partial charge is 0.310 e. The second-order valence-corrected chi connectivity index (χ2v) is 4.75. The predicted molar refractivity (Wildman–Crippen MR) is 58.2 cm³/mol. The van der Waals surface area contributed by atoms with E-state index in [1.165, 1.54) is 0 Å². The molecule has 0 bridgehead atoms. The van der Waals surface area contributed by atoms with E-state index in [4.69, 9.17) is 9.84 Å². The number of aliphatic hydroxyl groups is 1. The van der Waals surface area contributed by atoms with Crippen LogP contribution in [0, 0.1) is 17.3 Å². The van der Waals surface area contributed by atoms with E-state index in [0.29, 0.717) is 6.61 Å². The molecule has 1 saturated carbocycles. The lowest BCUT2D eigenvalue weighted by molar-refractivity contribution is -0.145. The van der Waals surface area contributed by atoms with Crippen LogP contribution in [0.15, 0.2) is 11.6 Å². The number of ether oxygens (including phenoxy) is 1. The Morgan fingerprint density at radius 3 is 2.60 bits per heavy atom. The van der Waals surface area contributed by atoms with Gasteiger partial charge in [-0.05, 0) is 25.2 Å². The van der Waals surface area contributed by atoms with Crippen LogP contribution in [0.25, 0.3) is 0 Å². The Hall–Kier alpha value is -0.830. The van der Waals surface area contributed by atoms with Crippen molar-refractivity contribution >= 4 is 5.97 Å². The fourth-order valence-electron chi connectivity index (χ4n) is 2.03. The summed E-state index contributed by atoms with van der Waals surface area (Å²) in [6, 6.07) is 0. The lowest BCUT2D eigenvalue weighted by Crippen LogP contribution is -2.10. The number of carbonyl (C=O) groups is 1. The van der Waals surface area contributed by atoms with E-state index in [0.717, 1.165) is 5.57 Å². The van der Waals surface area contributed by atoms with Gasteiger partial charge >= 0.3 is 5.97 Å². The van der Waals surface area contributed by atoms with E-state index in [2.05, 4.69) is 13.8 Å². The third kappa shape index (κ3) is 2.40. The van der Waals surface area contributed by atoms with Crippen LogP contribution < -0.4 is 0 Å². The maximum atomic E-state index is 11.6. The number of hydrogen-bond donors (Lipinski definition) is 1. The van der Waals surface area contributed by atoms with E-state index in [-0.39, 0.29) is 29.8 Å². The Morgan fingerprint density at radius 1 is 1.53 bits per heavy atom. The van der Waals surface area contributed by atoms with Gasteiger partial charge < -0.3 is 9.84 Å². The Morgan fingerprint density at radius 2 is 2.13 bits per heavy atom. The quantitative estimate of drug-likeness (QED) is 0.570. The molecule has 0 spiro atoms. The van der Waals surface area contributed by atoms with Crippen LogP contribution in [0.2, 0.25) is 0 Å². The summed E-state index contributed by atoms with van der Waals surface area (Å²) in [5.74, 6) is 0.0529. The highest BCUT2D eigenvalue weighted by Gasteiger charge is 2.61. The topological polar surface area (TPSA) is 46.5 Å². The average Bonchev–Trinajstić information content (AvgIpc) is 2.68. The first-order valence-corrected chi connectivity index (χ1v) is 5.40. The molecule has 3 heteroatoms. The summed E-state index contributed by atoms with van der Waals surface area (Å²) in [5, 5.41) is 8.93. The zero-order chi connectivity index (χ0) is 11.6. The summed E-state index contributed by atoms with van der Waals surface area (Å²) in [5.41, 5.74) is 0.891. The van der Waals surface area contributed by atoms with Crippen molar-refractivity contribution in [3.8, 4) is 0 Å². The van der Waals surface area contributed by atoms with Crippen LogP contribution >= 0.6 is 0 Å². The molecule has 1 N–H and O–H groups in total. The van der Waals surface area contributed by atoms with Crippen molar-refractivity contribution in [2.24, 2.45) is 17.3 Å². The largest absolute Gasteiger partial charge is 0.466 e. The van der Waals surface area contributed by atoms with Crippen molar-refractivity contribution < 1.29 is 14.6 Å². The Kier molecular flexibility index (Phi) is 3.55. The van der Waals surface area contributed by atoms with Gasteiger partial charge in [-0.3, -0.25) is 4.79 Å². The maximum absolute atomic E-state index is 11.6. The van der Waals surface area contributed by atoms with Crippen molar-refractivity contribution in [2.45, 2.75) is 27.7 Å². The minimum absolute atomic E-state index is 0.0251. The summed E-state index contributed by atoms with van der Waals surface area (Å²) >= 11 is 0. The Balaban J connectivity index is 2.67. The number of allylic oxidation sites excluding steroid dienone is 1. The van der Waals surface area contributed by atoms with Gasteiger partial charge in [0.2, 0.25) is 0 Å². The summed E-state index contributed by atoms with van der Waals surface area (Å²) in [6.07, 6.45) is 1.99. The lowest BCUT2D eigenvalue weighted by Gasteiger charge is -2.01. The second-order valence-electron chi connectivity index (χ2n) is 4.75. The van der Waals surface area contributed by atoms with Crippen molar-refractivity contribution in [1.82, 2.24) is 0 Å². The van der Waals surface area contributed by atoms with E-state index >= 15 is 0 Å². The van der Waals surface area contributed by atoms with E-state index in [1.54, 1.807) is 0 Å². The molecule has 1 aliphatic rings. The summed E-state index contributed by atoms with van der Waals surface area (Å²) in [6.45, 7) is 8.29. The lowest BCUT2D eigenvalue weighted by atomic mass is 10.1. The van der Waals surface area contributed by atoms with Crippen LogP contribution in [-0.4, -0.2) is 24.3 Å². The molecular weight excluding hydrogens is 192 g/mol. The molecule has 86 valence electrons. The molecule has 0 amide bonds. The predicted octanol–water partition coefficient (Wildman–Crippen LogP) is 1.76. The third-order valence-corrected chi connectivity index (χ3v) is 3.16. The maximum Gasteiger partial charge on any atom is 0.310 e. The minimum atomic E-state index is -0.116. The van der Waals surface area contributed by atoms with Crippen LogP contribution in [0.4, 0.5) is 0 Å². The van der Waals surface area contributed by atoms with Crippen molar-refractivity contribution in [2.75, 3.05) is 13.2 Å². The first kappa shape index (κ1) is 12.2. The monoisotopic (exact) mass is 212 g/mol. The van der Waals surface area contributed by atoms with Gasteiger partial charge in [0.1, 0.15) is 0 Å². The van der Waals surface area contributed by atoms with Gasteiger partial charge in [0.15, 0.2) is 0 Å². The minimum Gasteiger partial charge on any atom is -0.466 e. The fraction of sp³-hybridized carbons (Fsp3) is 0.750. The molecule has 15 heavy (non-hydrogen) atoms. The summed E-state index contributed by atoms with van der Waals surface area (Å²) in [4.78, 5) is 11.6. The van der Waals surface area contributed by atoms with Crippen LogP contribution in [-0.2, 0) is 9.53 Å². The van der Waals surface area contributed by atoms with Crippen LogP contribution in [0.3, 0.4) is 0 Å². The standard InChI is InChI=1S/C12H20O3/c1-5-15-11(14)10-9(12(10,3)4)6-8(2)7-13/h6,9-10,13H,5,7H2,1-4H3/b8-6+. The molecule has 1 rings (SSSR count). The zero-order valence-corrected chi connectivity index (χ0v) is 9.91. The fourth-order valence-corrected chi connectivity index (χ4v) is 2.03. The highest BCUT2D eigenvalue weighted by Crippen LogP contribution is 2.59. The van der Waals surface area contributed by atoms with Crippen molar-refractivity contribution in [3.05, 3.63) is 11.6 Å². The Bertz CT molecular complexity index is 279. The van der Waals surface area contributed by atoms with Gasteiger partial charge in [0, 0.05) is 0 Å². The number of rotatable bonds is 4. The first-order chi connectivity index (χ1) is 6.95. The van der Waals surface area contributed by atoms with E-state index < -0.39 is 0 Å². The van der Waals surface area contributed by atoms with Crippen LogP contribution in [0.1, 0.15) is 27.7 Å². The molecule has 0 radical (unpaired) electrons. The van der Waals surface area contributed by atoms with E-state index in [9.17, 15) is 4.79 Å². The van der Waals surface area contributed by atoms with Gasteiger partial charge in [-0.25, -0.2) is 0 Å². The third-order valence-electron chi connectivity index (χ3n) is 3.16.